The van der Waals surface area contributed by atoms with Gasteiger partial charge < -0.3 is 10.6 Å². The summed E-state index contributed by atoms with van der Waals surface area (Å²) in [7, 11) is 0. The standard InChI is InChI=1S/C30H24F4N2O2/c1-17-26(29(38)36-23-10-6-5-9-22(23)30(32,33)34)27(19-11-13-21(31)14-12-19)28-24(35-17)15-20(16-25(28)37)18-7-3-2-4-8-18/h2-14,20,27,35H,15-16H2,1H3,(H,36,38)/t20-,27+/m1/s1. The van der Waals surface area contributed by atoms with Crippen LogP contribution in [0.4, 0.5) is 23.2 Å². The molecule has 0 bridgehead atoms. The first kappa shape index (κ1) is 25.4. The van der Waals surface area contributed by atoms with Crippen molar-refractivity contribution in [1.82, 2.24) is 5.32 Å². The number of ketones is 1. The van der Waals surface area contributed by atoms with Gasteiger partial charge in [0.05, 0.1) is 11.3 Å². The summed E-state index contributed by atoms with van der Waals surface area (Å²) >= 11 is 0. The average molecular weight is 521 g/mol. The van der Waals surface area contributed by atoms with Gasteiger partial charge in [-0.05, 0) is 54.7 Å². The molecule has 0 spiro atoms. The Balaban J connectivity index is 1.57. The summed E-state index contributed by atoms with van der Waals surface area (Å²) in [4.78, 5) is 27.2. The van der Waals surface area contributed by atoms with Crippen LogP contribution in [-0.2, 0) is 15.8 Å². The predicted molar refractivity (Wildman–Crippen MR) is 136 cm³/mol. The smallest absolute Gasteiger partial charge is 0.362 e. The number of rotatable bonds is 4. The van der Waals surface area contributed by atoms with Crippen LogP contribution in [0, 0.1) is 5.82 Å². The van der Waals surface area contributed by atoms with Crippen molar-refractivity contribution in [2.45, 2.75) is 37.8 Å². The minimum absolute atomic E-state index is 0.0642. The zero-order chi connectivity index (χ0) is 27.0. The van der Waals surface area contributed by atoms with Crippen molar-refractivity contribution in [3.63, 3.8) is 0 Å². The summed E-state index contributed by atoms with van der Waals surface area (Å²) in [5.41, 5.74) is 1.72. The molecule has 3 aromatic carbocycles. The number of Topliss-reactive ketones (excluding diaryl/α,β-unsaturated/α-hetero) is 1. The Hall–Kier alpha value is -4.20. The van der Waals surface area contributed by atoms with Crippen LogP contribution in [0.15, 0.2) is 101 Å². The molecule has 0 radical (unpaired) electrons. The minimum Gasteiger partial charge on any atom is -0.362 e. The zero-order valence-corrected chi connectivity index (χ0v) is 20.4. The van der Waals surface area contributed by atoms with Crippen molar-refractivity contribution in [3.8, 4) is 0 Å². The summed E-state index contributed by atoms with van der Waals surface area (Å²) in [6.07, 6.45) is -3.94. The monoisotopic (exact) mass is 520 g/mol. The van der Waals surface area contributed by atoms with Gasteiger partial charge in [-0.25, -0.2) is 4.39 Å². The number of halogens is 4. The fourth-order valence-corrected chi connectivity index (χ4v) is 5.32. The maximum absolute atomic E-state index is 13.8. The number of carbonyl (C=O) groups excluding carboxylic acids is 2. The van der Waals surface area contributed by atoms with E-state index >= 15 is 0 Å². The van der Waals surface area contributed by atoms with Crippen LogP contribution in [-0.4, -0.2) is 11.7 Å². The second-order valence-electron chi connectivity index (χ2n) is 9.48. The highest BCUT2D eigenvalue weighted by Crippen LogP contribution is 2.46. The van der Waals surface area contributed by atoms with Crippen LogP contribution in [0.3, 0.4) is 0 Å². The highest BCUT2D eigenvalue weighted by Gasteiger charge is 2.41. The molecule has 194 valence electrons. The Kier molecular flexibility index (Phi) is 6.65. The van der Waals surface area contributed by atoms with Gasteiger partial charge in [0.2, 0.25) is 0 Å². The lowest BCUT2D eigenvalue weighted by Crippen LogP contribution is -2.37. The third-order valence-corrected chi connectivity index (χ3v) is 7.03. The molecule has 2 aliphatic rings. The molecule has 4 nitrogen and oxygen atoms in total. The molecule has 0 unspecified atom stereocenters. The highest BCUT2D eigenvalue weighted by molar-refractivity contribution is 6.10. The number of nitrogens with one attached hydrogen (secondary N) is 2. The van der Waals surface area contributed by atoms with Gasteiger partial charge in [0.25, 0.3) is 5.91 Å². The summed E-state index contributed by atoms with van der Waals surface area (Å²) in [5, 5.41) is 5.61. The quantitative estimate of drug-likeness (QED) is 0.370. The van der Waals surface area contributed by atoms with E-state index in [1.807, 2.05) is 30.3 Å². The molecule has 8 heteroatoms. The van der Waals surface area contributed by atoms with Crippen LogP contribution >= 0.6 is 0 Å². The maximum Gasteiger partial charge on any atom is 0.418 e. The lowest BCUT2D eigenvalue weighted by atomic mass is 9.71. The van der Waals surface area contributed by atoms with E-state index in [4.69, 9.17) is 0 Å². The first-order chi connectivity index (χ1) is 18.1. The van der Waals surface area contributed by atoms with Crippen LogP contribution < -0.4 is 10.6 Å². The molecule has 0 aromatic heterocycles. The number of carbonyl (C=O) groups is 2. The molecule has 0 saturated carbocycles. The van der Waals surface area contributed by atoms with Crippen LogP contribution in [0.25, 0.3) is 0 Å². The van der Waals surface area contributed by atoms with E-state index in [1.165, 1.54) is 42.5 Å². The lowest BCUT2D eigenvalue weighted by molar-refractivity contribution is -0.137. The normalized spacial score (nSPS) is 19.7. The lowest BCUT2D eigenvalue weighted by Gasteiger charge is -2.37. The Labute approximate surface area is 217 Å². The average Bonchev–Trinajstić information content (AvgIpc) is 2.88. The number of hydrogen-bond donors (Lipinski definition) is 2. The van der Waals surface area contributed by atoms with Gasteiger partial charge in [0.1, 0.15) is 5.82 Å². The van der Waals surface area contributed by atoms with Gasteiger partial charge in [-0.2, -0.15) is 13.2 Å². The Bertz CT molecular complexity index is 1460. The second-order valence-corrected chi connectivity index (χ2v) is 9.48. The molecule has 2 atom stereocenters. The van der Waals surface area contributed by atoms with Crippen molar-refractivity contribution in [1.29, 1.82) is 0 Å². The second kappa shape index (κ2) is 9.93. The van der Waals surface area contributed by atoms with Gasteiger partial charge in [-0.3, -0.25) is 9.59 Å². The number of anilines is 1. The minimum atomic E-state index is -4.67. The van der Waals surface area contributed by atoms with E-state index in [0.717, 1.165) is 11.6 Å². The summed E-state index contributed by atoms with van der Waals surface area (Å²) in [6, 6.07) is 19.8. The van der Waals surface area contributed by atoms with Gasteiger partial charge in [-0.15, -0.1) is 0 Å². The van der Waals surface area contributed by atoms with Gasteiger partial charge in [-0.1, -0.05) is 54.6 Å². The largest absolute Gasteiger partial charge is 0.418 e. The Morgan fingerprint density at radius 2 is 1.55 bits per heavy atom. The Morgan fingerprint density at radius 3 is 2.24 bits per heavy atom. The molecule has 38 heavy (non-hydrogen) atoms. The fraction of sp³-hybridized carbons (Fsp3) is 0.200. The van der Waals surface area contributed by atoms with Gasteiger partial charge >= 0.3 is 6.18 Å². The van der Waals surface area contributed by atoms with Crippen molar-refractivity contribution in [3.05, 3.63) is 124 Å². The molecule has 1 amide bonds. The van der Waals surface area contributed by atoms with Gasteiger partial charge in [0, 0.05) is 34.9 Å². The topological polar surface area (TPSA) is 58.2 Å². The number of para-hydroxylation sites is 1. The summed E-state index contributed by atoms with van der Waals surface area (Å²) in [5.74, 6) is -2.36. The summed E-state index contributed by atoms with van der Waals surface area (Å²) in [6.45, 7) is 1.65. The number of allylic oxidation sites excluding steroid dienone is 3. The molecule has 1 aliphatic heterocycles. The van der Waals surface area contributed by atoms with E-state index in [2.05, 4.69) is 10.6 Å². The van der Waals surface area contributed by atoms with Crippen molar-refractivity contribution >= 4 is 17.4 Å². The number of alkyl halides is 3. The van der Waals surface area contributed by atoms with Crippen molar-refractivity contribution in [2.24, 2.45) is 0 Å². The van der Waals surface area contributed by atoms with E-state index in [0.29, 0.717) is 29.0 Å². The van der Waals surface area contributed by atoms with Crippen molar-refractivity contribution in [2.75, 3.05) is 5.32 Å². The van der Waals surface area contributed by atoms with E-state index in [9.17, 15) is 27.2 Å². The van der Waals surface area contributed by atoms with E-state index in [1.54, 1.807) is 6.92 Å². The molecular weight excluding hydrogens is 496 g/mol. The van der Waals surface area contributed by atoms with Crippen LogP contribution in [0.2, 0.25) is 0 Å². The SMILES string of the molecule is CC1=C(C(=O)Nc2ccccc2C(F)(F)F)[C@H](c2ccc(F)cc2)C2=C(C[C@@H](c3ccccc3)CC2=O)N1. The molecule has 0 fully saturated rings. The first-order valence-corrected chi connectivity index (χ1v) is 12.2. The number of hydrogen-bond acceptors (Lipinski definition) is 3. The maximum atomic E-state index is 13.8. The number of benzene rings is 3. The van der Waals surface area contributed by atoms with E-state index in [-0.39, 0.29) is 29.4 Å². The van der Waals surface area contributed by atoms with E-state index < -0.39 is 29.4 Å². The van der Waals surface area contributed by atoms with Crippen LogP contribution in [0.1, 0.15) is 48.3 Å². The predicted octanol–water partition coefficient (Wildman–Crippen LogP) is 6.84. The molecule has 5 rings (SSSR count). The molecule has 0 saturated heterocycles. The first-order valence-electron chi connectivity index (χ1n) is 12.2. The molecule has 3 aromatic rings. The molecule has 1 heterocycles. The Morgan fingerprint density at radius 1 is 0.895 bits per heavy atom. The number of amides is 1. The zero-order valence-electron chi connectivity index (χ0n) is 20.4. The molecular formula is C30H24F4N2O2. The molecule has 2 N–H and O–H groups in total. The third kappa shape index (κ3) is 4.86. The molecule has 1 aliphatic carbocycles. The number of dihydropyridines is 1. The third-order valence-electron chi connectivity index (χ3n) is 7.03. The van der Waals surface area contributed by atoms with Gasteiger partial charge in [0.15, 0.2) is 5.78 Å². The highest BCUT2D eigenvalue weighted by atomic mass is 19.4. The summed E-state index contributed by atoms with van der Waals surface area (Å²) < 4.78 is 54.5. The fourth-order valence-electron chi connectivity index (χ4n) is 5.32. The van der Waals surface area contributed by atoms with Crippen LogP contribution in [0.5, 0.6) is 0 Å². The van der Waals surface area contributed by atoms with Crippen molar-refractivity contribution < 1.29 is 27.2 Å².